The van der Waals surface area contributed by atoms with Crippen LogP contribution in [0.25, 0.3) is 0 Å². The molecular formula is C18H17NO7S. The summed E-state index contributed by atoms with van der Waals surface area (Å²) in [5.41, 5.74) is 0.480. The molecule has 1 unspecified atom stereocenters. The van der Waals surface area contributed by atoms with Crippen molar-refractivity contribution >= 4 is 34.2 Å². The van der Waals surface area contributed by atoms with Crippen molar-refractivity contribution in [3.05, 3.63) is 40.3 Å². The summed E-state index contributed by atoms with van der Waals surface area (Å²) in [6, 6.07) is 7.00. The van der Waals surface area contributed by atoms with E-state index in [4.69, 9.17) is 18.9 Å². The highest BCUT2D eigenvalue weighted by Crippen LogP contribution is 2.35. The first-order chi connectivity index (χ1) is 13.0. The number of esters is 2. The Labute approximate surface area is 159 Å². The molecule has 1 amide bonds. The number of para-hydroxylation sites is 2. The van der Waals surface area contributed by atoms with Gasteiger partial charge in [-0.05, 0) is 24.6 Å². The van der Waals surface area contributed by atoms with E-state index in [2.05, 4.69) is 5.32 Å². The van der Waals surface area contributed by atoms with Crippen LogP contribution in [0.2, 0.25) is 0 Å². The lowest BCUT2D eigenvalue weighted by Crippen LogP contribution is -2.40. The Balaban J connectivity index is 1.85. The Bertz CT molecular complexity index is 905. The van der Waals surface area contributed by atoms with E-state index in [0.717, 1.165) is 11.3 Å². The number of thiophene rings is 1. The van der Waals surface area contributed by atoms with E-state index in [-0.39, 0.29) is 22.0 Å². The van der Waals surface area contributed by atoms with Gasteiger partial charge in [-0.25, -0.2) is 9.59 Å². The highest BCUT2D eigenvalue weighted by atomic mass is 32.1. The van der Waals surface area contributed by atoms with Crippen LogP contribution >= 0.6 is 11.3 Å². The first-order valence-corrected chi connectivity index (χ1v) is 8.77. The van der Waals surface area contributed by atoms with Crippen molar-refractivity contribution in [3.8, 4) is 11.5 Å². The molecule has 9 heteroatoms. The van der Waals surface area contributed by atoms with E-state index in [1.165, 1.54) is 14.2 Å². The van der Waals surface area contributed by atoms with Gasteiger partial charge in [-0.1, -0.05) is 12.1 Å². The number of methoxy groups -OCH3 is 2. The number of carbonyl (C=O) groups is 3. The van der Waals surface area contributed by atoms with Gasteiger partial charge in [-0.15, -0.1) is 11.3 Å². The van der Waals surface area contributed by atoms with Crippen LogP contribution in [0.5, 0.6) is 11.5 Å². The Hall–Kier alpha value is -3.07. The van der Waals surface area contributed by atoms with Crippen LogP contribution in [0, 0.1) is 6.92 Å². The number of hydrogen-bond donors (Lipinski definition) is 1. The normalized spacial score (nSPS) is 15.0. The molecule has 1 N–H and O–H groups in total. The molecule has 142 valence electrons. The van der Waals surface area contributed by atoms with Gasteiger partial charge in [-0.2, -0.15) is 0 Å². The van der Waals surface area contributed by atoms with E-state index >= 15 is 0 Å². The minimum atomic E-state index is -0.908. The molecule has 27 heavy (non-hydrogen) atoms. The molecule has 1 aromatic carbocycles. The average Bonchev–Trinajstić information content (AvgIpc) is 3.02. The van der Waals surface area contributed by atoms with E-state index in [1.54, 1.807) is 31.2 Å². The van der Waals surface area contributed by atoms with E-state index in [1.807, 2.05) is 0 Å². The standard InChI is InChI=1S/C18H17NO7S/c1-9-13(17(21)23-2)16(27-14(9)18(22)24-3)19-15(20)12-8-25-10-6-4-5-7-11(10)26-12/h4-7,12H,8H2,1-3H3,(H,19,20). The summed E-state index contributed by atoms with van der Waals surface area (Å²) in [6.45, 7) is 1.60. The molecule has 0 bridgehead atoms. The summed E-state index contributed by atoms with van der Waals surface area (Å²) in [6.07, 6.45) is -0.908. The van der Waals surface area contributed by atoms with Crippen LogP contribution in [-0.4, -0.2) is 44.8 Å². The average molecular weight is 391 g/mol. The van der Waals surface area contributed by atoms with E-state index in [9.17, 15) is 14.4 Å². The molecule has 0 aliphatic carbocycles. The first-order valence-electron chi connectivity index (χ1n) is 7.95. The summed E-state index contributed by atoms with van der Waals surface area (Å²) in [5.74, 6) is -0.770. The number of fused-ring (bicyclic) bond motifs is 1. The lowest BCUT2D eigenvalue weighted by atomic mass is 10.1. The molecule has 3 rings (SSSR count). The Kier molecular flexibility index (Phi) is 5.31. The van der Waals surface area contributed by atoms with Crippen molar-refractivity contribution in [1.82, 2.24) is 0 Å². The van der Waals surface area contributed by atoms with Crippen molar-refractivity contribution in [1.29, 1.82) is 0 Å². The third-order valence-corrected chi connectivity index (χ3v) is 5.13. The van der Waals surface area contributed by atoms with Gasteiger partial charge >= 0.3 is 11.9 Å². The second-order valence-electron chi connectivity index (χ2n) is 5.60. The first kappa shape index (κ1) is 18.7. The zero-order valence-electron chi connectivity index (χ0n) is 14.9. The number of ether oxygens (including phenoxy) is 4. The molecule has 2 aromatic rings. The third kappa shape index (κ3) is 3.59. The molecule has 0 saturated carbocycles. The predicted molar refractivity (Wildman–Crippen MR) is 96.7 cm³/mol. The third-order valence-electron chi connectivity index (χ3n) is 3.94. The van der Waals surface area contributed by atoms with E-state index in [0.29, 0.717) is 17.1 Å². The Morgan fingerprint density at radius 1 is 1.11 bits per heavy atom. The number of rotatable bonds is 4. The summed E-state index contributed by atoms with van der Waals surface area (Å²) >= 11 is 0.937. The molecule has 2 heterocycles. The van der Waals surface area contributed by atoms with Gasteiger partial charge in [0.15, 0.2) is 11.5 Å². The van der Waals surface area contributed by atoms with Gasteiger partial charge in [0.05, 0.1) is 19.8 Å². The smallest absolute Gasteiger partial charge is 0.348 e. The second-order valence-corrected chi connectivity index (χ2v) is 6.62. The SMILES string of the molecule is COC(=O)c1sc(NC(=O)C2COc3ccccc3O2)c(C(=O)OC)c1C. The van der Waals surface area contributed by atoms with Gasteiger partial charge in [0, 0.05) is 0 Å². The minimum Gasteiger partial charge on any atom is -0.485 e. The van der Waals surface area contributed by atoms with Crippen molar-refractivity contribution in [2.45, 2.75) is 13.0 Å². The largest absolute Gasteiger partial charge is 0.485 e. The molecule has 0 fully saturated rings. The molecule has 1 aliphatic heterocycles. The summed E-state index contributed by atoms with van der Waals surface area (Å²) < 4.78 is 20.7. The van der Waals surface area contributed by atoms with Gasteiger partial charge in [0.25, 0.3) is 5.91 Å². The summed E-state index contributed by atoms with van der Waals surface area (Å²) in [5, 5.41) is 2.82. The second kappa shape index (κ2) is 7.67. The quantitative estimate of drug-likeness (QED) is 0.799. The topological polar surface area (TPSA) is 100 Å². The van der Waals surface area contributed by atoms with Crippen molar-refractivity contribution in [2.24, 2.45) is 0 Å². The van der Waals surface area contributed by atoms with Gasteiger partial charge in [0.1, 0.15) is 16.5 Å². The highest BCUT2D eigenvalue weighted by Gasteiger charge is 2.31. The summed E-state index contributed by atoms with van der Waals surface area (Å²) in [4.78, 5) is 36.9. The molecule has 1 aliphatic rings. The summed E-state index contributed by atoms with van der Waals surface area (Å²) in [7, 11) is 2.46. The molecular weight excluding hydrogens is 374 g/mol. The molecule has 0 radical (unpaired) electrons. The lowest BCUT2D eigenvalue weighted by molar-refractivity contribution is -0.125. The number of amides is 1. The minimum absolute atomic E-state index is 0.0185. The number of hydrogen-bond acceptors (Lipinski definition) is 8. The van der Waals surface area contributed by atoms with Crippen LogP contribution in [0.15, 0.2) is 24.3 Å². The van der Waals surface area contributed by atoms with Crippen LogP contribution < -0.4 is 14.8 Å². The van der Waals surface area contributed by atoms with E-state index < -0.39 is 23.9 Å². The Morgan fingerprint density at radius 3 is 2.44 bits per heavy atom. The number of nitrogens with one attached hydrogen (secondary N) is 1. The highest BCUT2D eigenvalue weighted by molar-refractivity contribution is 7.18. The Morgan fingerprint density at radius 2 is 1.78 bits per heavy atom. The number of benzene rings is 1. The fraction of sp³-hybridized carbons (Fsp3) is 0.278. The van der Waals surface area contributed by atoms with Crippen molar-refractivity contribution < 1.29 is 33.3 Å². The van der Waals surface area contributed by atoms with Crippen molar-refractivity contribution in [2.75, 3.05) is 26.1 Å². The predicted octanol–water partition coefficient (Wildman–Crippen LogP) is 2.41. The molecule has 0 saturated heterocycles. The lowest BCUT2D eigenvalue weighted by Gasteiger charge is -2.25. The number of anilines is 1. The zero-order chi connectivity index (χ0) is 19.6. The van der Waals surface area contributed by atoms with Gasteiger partial charge in [-0.3, -0.25) is 4.79 Å². The fourth-order valence-corrected chi connectivity index (χ4v) is 3.69. The molecule has 1 atom stereocenters. The number of carbonyl (C=O) groups excluding carboxylic acids is 3. The van der Waals surface area contributed by atoms with Gasteiger partial charge < -0.3 is 24.3 Å². The monoisotopic (exact) mass is 391 g/mol. The molecule has 8 nitrogen and oxygen atoms in total. The van der Waals surface area contributed by atoms with Crippen LogP contribution in [0.3, 0.4) is 0 Å². The molecule has 1 aromatic heterocycles. The molecule has 0 spiro atoms. The maximum atomic E-state index is 12.6. The van der Waals surface area contributed by atoms with Crippen LogP contribution in [0.1, 0.15) is 25.6 Å². The van der Waals surface area contributed by atoms with Crippen LogP contribution in [-0.2, 0) is 14.3 Å². The fourth-order valence-electron chi connectivity index (χ4n) is 2.58. The maximum Gasteiger partial charge on any atom is 0.348 e. The van der Waals surface area contributed by atoms with Crippen molar-refractivity contribution in [3.63, 3.8) is 0 Å². The van der Waals surface area contributed by atoms with Crippen LogP contribution in [0.4, 0.5) is 5.00 Å². The van der Waals surface area contributed by atoms with Gasteiger partial charge in [0.2, 0.25) is 6.10 Å². The zero-order valence-corrected chi connectivity index (χ0v) is 15.7. The maximum absolute atomic E-state index is 12.6.